The molecule has 8 nitrogen and oxygen atoms in total. The number of hydrogen-bond acceptors (Lipinski definition) is 8. The second-order valence-corrected chi connectivity index (χ2v) is 10.2. The highest BCUT2D eigenvalue weighted by atomic mass is 32.2. The third-order valence-corrected chi connectivity index (χ3v) is 7.59. The number of aromatic nitrogens is 3. The molecule has 0 spiro atoms. The predicted molar refractivity (Wildman–Crippen MR) is 136 cm³/mol. The average molecular weight is 541 g/mol. The minimum atomic E-state index is -3.94. The van der Waals surface area contributed by atoms with Gasteiger partial charge in [-0.2, -0.15) is 4.98 Å². The van der Waals surface area contributed by atoms with Crippen LogP contribution in [-0.4, -0.2) is 37.0 Å². The van der Waals surface area contributed by atoms with Crippen molar-refractivity contribution in [2.24, 2.45) is 0 Å². The highest BCUT2D eigenvalue weighted by Crippen LogP contribution is 2.37. The number of ether oxygens (including phenoxy) is 2. The zero-order chi connectivity index (χ0) is 26.2. The van der Waals surface area contributed by atoms with E-state index in [4.69, 9.17) is 9.47 Å². The van der Waals surface area contributed by atoms with Crippen LogP contribution in [-0.2, 0) is 10.0 Å². The fraction of sp³-hybridized carbons (Fsp3) is 0.0800. The van der Waals surface area contributed by atoms with Crippen molar-refractivity contribution >= 4 is 37.5 Å². The number of anilines is 1. The van der Waals surface area contributed by atoms with Crippen molar-refractivity contribution < 1.29 is 26.7 Å². The van der Waals surface area contributed by atoms with Gasteiger partial charge >= 0.3 is 6.01 Å². The van der Waals surface area contributed by atoms with E-state index < -0.39 is 21.7 Å². The van der Waals surface area contributed by atoms with Crippen LogP contribution in [0.1, 0.15) is 0 Å². The molecule has 2 heterocycles. The van der Waals surface area contributed by atoms with Gasteiger partial charge in [0, 0.05) is 34.7 Å². The van der Waals surface area contributed by atoms with Crippen LogP contribution in [0.25, 0.3) is 33.2 Å². The standard InChI is InChI=1S/C25H18F2N4O4S2/c1-34-22-12-14(16-9-17(26)13-18(27)10-16)3-5-21(22)23-20-6-4-19(11-15(20)7-8-28-23)37(32,33)31-25-29-24(35-2)30-36-25/h3-13H,1-2H3,(H,29,30,31). The fourth-order valence-corrected chi connectivity index (χ4v) is 5.63. The number of sulfonamides is 1. The minimum Gasteiger partial charge on any atom is -0.496 e. The summed E-state index contributed by atoms with van der Waals surface area (Å²) >= 11 is 0.862. The lowest BCUT2D eigenvalue weighted by Gasteiger charge is -2.13. The second-order valence-electron chi connectivity index (χ2n) is 7.81. The zero-order valence-electron chi connectivity index (χ0n) is 19.4. The summed E-state index contributed by atoms with van der Waals surface area (Å²) in [6.45, 7) is 0. The molecule has 0 radical (unpaired) electrons. The molecule has 0 aliphatic heterocycles. The first kappa shape index (κ1) is 24.5. The molecular formula is C25H18F2N4O4S2. The lowest BCUT2D eigenvalue weighted by atomic mass is 9.99. The molecular weight excluding hydrogens is 522 g/mol. The number of halogens is 2. The summed E-state index contributed by atoms with van der Waals surface area (Å²) in [5, 5.41) is 1.39. The molecule has 0 bridgehead atoms. The van der Waals surface area contributed by atoms with Gasteiger partial charge in [-0.1, -0.05) is 12.1 Å². The Hall–Kier alpha value is -4.16. The van der Waals surface area contributed by atoms with Crippen molar-refractivity contribution in [3.63, 3.8) is 0 Å². The lowest BCUT2D eigenvalue weighted by Crippen LogP contribution is -2.12. The number of pyridine rings is 1. The summed E-state index contributed by atoms with van der Waals surface area (Å²) < 4.78 is 70.0. The average Bonchev–Trinajstić information content (AvgIpc) is 3.34. The van der Waals surface area contributed by atoms with E-state index in [0.717, 1.165) is 17.6 Å². The van der Waals surface area contributed by atoms with Crippen LogP contribution in [0.5, 0.6) is 11.8 Å². The van der Waals surface area contributed by atoms with Crippen LogP contribution in [0, 0.1) is 11.6 Å². The molecule has 5 aromatic rings. The lowest BCUT2D eigenvalue weighted by molar-refractivity contribution is 0.386. The van der Waals surface area contributed by atoms with Crippen molar-refractivity contribution in [2.75, 3.05) is 18.9 Å². The minimum absolute atomic E-state index is 0.0294. The zero-order valence-corrected chi connectivity index (χ0v) is 21.0. The molecule has 5 rings (SSSR count). The van der Waals surface area contributed by atoms with Gasteiger partial charge in [-0.05, 0) is 59.0 Å². The van der Waals surface area contributed by atoms with Gasteiger partial charge in [0.25, 0.3) is 10.0 Å². The normalized spacial score (nSPS) is 11.5. The maximum absolute atomic E-state index is 13.7. The first-order valence-electron chi connectivity index (χ1n) is 10.7. The molecule has 1 N–H and O–H groups in total. The predicted octanol–water partition coefficient (Wildman–Crippen LogP) is 5.52. The molecule has 0 aliphatic rings. The van der Waals surface area contributed by atoms with Gasteiger partial charge in [0.2, 0.25) is 5.13 Å². The molecule has 188 valence electrons. The van der Waals surface area contributed by atoms with Gasteiger partial charge in [-0.3, -0.25) is 9.71 Å². The highest BCUT2D eigenvalue weighted by molar-refractivity contribution is 7.93. The van der Waals surface area contributed by atoms with Crippen LogP contribution in [0.2, 0.25) is 0 Å². The highest BCUT2D eigenvalue weighted by Gasteiger charge is 2.19. The Morgan fingerprint density at radius 3 is 2.38 bits per heavy atom. The van der Waals surface area contributed by atoms with Crippen LogP contribution < -0.4 is 14.2 Å². The monoisotopic (exact) mass is 540 g/mol. The number of fused-ring (bicyclic) bond motifs is 1. The van der Waals surface area contributed by atoms with E-state index in [-0.39, 0.29) is 16.0 Å². The fourth-order valence-electron chi connectivity index (χ4n) is 3.83. The summed E-state index contributed by atoms with van der Waals surface area (Å²) in [5.41, 5.74) is 2.11. The van der Waals surface area contributed by atoms with Crippen LogP contribution >= 0.6 is 11.5 Å². The Morgan fingerprint density at radius 2 is 1.68 bits per heavy atom. The van der Waals surface area contributed by atoms with Crippen molar-refractivity contribution in [3.8, 4) is 34.1 Å². The number of methoxy groups -OCH3 is 2. The summed E-state index contributed by atoms with van der Waals surface area (Å²) in [4.78, 5) is 8.46. The molecule has 37 heavy (non-hydrogen) atoms. The SMILES string of the molecule is COc1nsc(NS(=O)(=O)c2ccc3c(-c4ccc(-c5cc(F)cc(F)c5)cc4OC)nccc3c2)n1. The molecule has 2 aromatic heterocycles. The maximum Gasteiger partial charge on any atom is 0.329 e. The molecule has 0 fully saturated rings. The Morgan fingerprint density at radius 1 is 0.892 bits per heavy atom. The molecule has 0 aliphatic carbocycles. The molecule has 0 saturated heterocycles. The molecule has 0 saturated carbocycles. The molecule has 3 aromatic carbocycles. The van der Waals surface area contributed by atoms with Gasteiger partial charge in [-0.25, -0.2) is 17.2 Å². The quantitative estimate of drug-likeness (QED) is 0.290. The van der Waals surface area contributed by atoms with E-state index in [0.29, 0.717) is 38.9 Å². The maximum atomic E-state index is 13.7. The summed E-state index contributed by atoms with van der Waals surface area (Å²) in [6, 6.07) is 14.8. The van der Waals surface area contributed by atoms with Gasteiger partial charge in [0.1, 0.15) is 17.4 Å². The van der Waals surface area contributed by atoms with Crippen molar-refractivity contribution in [2.45, 2.75) is 4.90 Å². The Bertz CT molecular complexity index is 1720. The molecule has 0 amide bonds. The molecule has 0 unspecified atom stereocenters. The van der Waals surface area contributed by atoms with Gasteiger partial charge < -0.3 is 9.47 Å². The number of nitrogens with one attached hydrogen (secondary N) is 1. The third kappa shape index (κ3) is 4.93. The van der Waals surface area contributed by atoms with Gasteiger partial charge in [0.05, 0.1) is 24.8 Å². The van der Waals surface area contributed by atoms with Crippen LogP contribution in [0.3, 0.4) is 0 Å². The first-order valence-corrected chi connectivity index (χ1v) is 13.0. The second kappa shape index (κ2) is 9.71. The number of rotatable bonds is 7. The smallest absolute Gasteiger partial charge is 0.329 e. The summed E-state index contributed by atoms with van der Waals surface area (Å²) in [6.07, 6.45) is 1.56. The largest absolute Gasteiger partial charge is 0.496 e. The van der Waals surface area contributed by atoms with Crippen LogP contribution in [0.15, 0.2) is 71.8 Å². The van der Waals surface area contributed by atoms with Crippen LogP contribution in [0.4, 0.5) is 13.9 Å². The first-order chi connectivity index (χ1) is 17.8. The van der Waals surface area contributed by atoms with Crippen molar-refractivity contribution in [1.29, 1.82) is 0 Å². The Kier molecular flexibility index (Phi) is 6.44. The van der Waals surface area contributed by atoms with Crippen molar-refractivity contribution in [1.82, 2.24) is 14.3 Å². The number of benzene rings is 3. The topological polar surface area (TPSA) is 103 Å². The van der Waals surface area contributed by atoms with E-state index in [2.05, 4.69) is 19.1 Å². The van der Waals surface area contributed by atoms with E-state index in [1.165, 1.54) is 38.5 Å². The Labute approximate surface area is 214 Å². The van der Waals surface area contributed by atoms with E-state index >= 15 is 0 Å². The number of hydrogen-bond donors (Lipinski definition) is 1. The van der Waals surface area contributed by atoms with Gasteiger partial charge in [0.15, 0.2) is 0 Å². The van der Waals surface area contributed by atoms with E-state index in [1.54, 1.807) is 36.5 Å². The van der Waals surface area contributed by atoms with Gasteiger partial charge in [-0.15, -0.1) is 4.37 Å². The van der Waals surface area contributed by atoms with Crippen molar-refractivity contribution in [3.05, 3.63) is 78.5 Å². The summed E-state index contributed by atoms with van der Waals surface area (Å²) in [5.74, 6) is -0.927. The summed E-state index contributed by atoms with van der Waals surface area (Å²) in [7, 11) is -1.06. The Balaban J connectivity index is 1.53. The molecule has 0 atom stereocenters. The van der Waals surface area contributed by atoms with E-state index in [1.807, 2.05) is 0 Å². The third-order valence-electron chi connectivity index (χ3n) is 5.51. The van der Waals surface area contributed by atoms with E-state index in [9.17, 15) is 17.2 Å². The number of nitrogens with zero attached hydrogens (tertiary/aromatic N) is 3. The molecule has 12 heteroatoms.